The van der Waals surface area contributed by atoms with E-state index in [1.54, 1.807) is 30.3 Å². The van der Waals surface area contributed by atoms with Crippen molar-refractivity contribution in [3.8, 4) is 34.1 Å². The number of rotatable bonds is 3. The van der Waals surface area contributed by atoms with Crippen molar-refractivity contribution in [2.24, 2.45) is 0 Å². The average Bonchev–Trinajstić information content (AvgIpc) is 2.82. The normalized spacial score (nSPS) is 11.0. The van der Waals surface area contributed by atoms with Crippen LogP contribution < -0.4 is 0 Å². The third-order valence-corrected chi connectivity index (χ3v) is 7.28. The highest BCUT2D eigenvalue weighted by Crippen LogP contribution is 2.42. The van der Waals surface area contributed by atoms with Gasteiger partial charge in [-0.2, -0.15) is 0 Å². The van der Waals surface area contributed by atoms with Gasteiger partial charge in [-0.1, -0.05) is 55.8 Å². The second kappa shape index (κ2) is 10.9. The molecule has 0 spiro atoms. The van der Waals surface area contributed by atoms with Crippen molar-refractivity contribution in [1.29, 1.82) is 0 Å². The van der Waals surface area contributed by atoms with Crippen molar-refractivity contribution in [2.75, 3.05) is 0 Å². The van der Waals surface area contributed by atoms with E-state index in [1.807, 2.05) is 49.4 Å². The van der Waals surface area contributed by atoms with Crippen LogP contribution in [-0.2, 0) is 5.41 Å². The lowest BCUT2D eigenvalue weighted by molar-refractivity contribution is 0.467. The predicted octanol–water partition coefficient (Wildman–Crippen LogP) is 8.68. The van der Waals surface area contributed by atoms with Crippen LogP contribution in [-0.4, -0.2) is 20.4 Å². The summed E-state index contributed by atoms with van der Waals surface area (Å²) in [7, 11) is 0. The minimum atomic E-state index is -0.332. The molecule has 0 heterocycles. The molecule has 0 aliphatic carbocycles. The predicted molar refractivity (Wildman–Crippen MR) is 149 cm³/mol. The lowest BCUT2D eigenvalue weighted by Gasteiger charge is -2.28. The Balaban J connectivity index is 0.000000211. The van der Waals surface area contributed by atoms with Crippen LogP contribution in [0.15, 0.2) is 81.7 Å². The van der Waals surface area contributed by atoms with Crippen LogP contribution >= 0.6 is 43.5 Å². The van der Waals surface area contributed by atoms with E-state index in [1.165, 1.54) is 0 Å². The SMILES string of the molecule is Cc1cc(C(C)(C)c2cc(Br)c(O)c(Br)c2)cc(Cl)c1O.Oc1ccc(-c2ccc(O)cc2)cc1. The number of phenolic OH excluding ortho intramolecular Hbond substituents is 4. The van der Waals surface area contributed by atoms with E-state index in [-0.39, 0.29) is 28.4 Å². The van der Waals surface area contributed by atoms with Gasteiger partial charge in [-0.25, -0.2) is 0 Å². The van der Waals surface area contributed by atoms with Gasteiger partial charge in [0.1, 0.15) is 23.0 Å². The first-order valence-corrected chi connectivity index (χ1v) is 12.6. The number of benzene rings is 4. The first-order chi connectivity index (χ1) is 16.4. The summed E-state index contributed by atoms with van der Waals surface area (Å²) >= 11 is 12.8. The monoisotopic (exact) mass is 618 g/mol. The number of hydrogen-bond donors (Lipinski definition) is 4. The lowest BCUT2D eigenvalue weighted by atomic mass is 9.77. The zero-order valence-corrected chi connectivity index (χ0v) is 23.3. The van der Waals surface area contributed by atoms with Crippen LogP contribution in [0, 0.1) is 6.92 Å². The second-order valence-corrected chi connectivity index (χ2v) is 10.7. The Bertz CT molecular complexity index is 1190. The van der Waals surface area contributed by atoms with Crippen LogP contribution in [0.25, 0.3) is 11.1 Å². The maximum atomic E-state index is 9.84. The van der Waals surface area contributed by atoms with E-state index < -0.39 is 0 Å². The lowest BCUT2D eigenvalue weighted by Crippen LogP contribution is -2.19. The van der Waals surface area contributed by atoms with Crippen LogP contribution in [0.3, 0.4) is 0 Å². The molecule has 0 bridgehead atoms. The van der Waals surface area contributed by atoms with Crippen molar-refractivity contribution >= 4 is 43.5 Å². The smallest absolute Gasteiger partial charge is 0.143 e. The molecule has 4 rings (SSSR count). The molecule has 0 saturated carbocycles. The van der Waals surface area contributed by atoms with Gasteiger partial charge in [-0.3, -0.25) is 0 Å². The van der Waals surface area contributed by atoms with Crippen LogP contribution in [0.5, 0.6) is 23.0 Å². The van der Waals surface area contributed by atoms with E-state index in [4.69, 9.17) is 21.8 Å². The maximum absolute atomic E-state index is 9.84. The Labute approximate surface area is 226 Å². The molecule has 0 amide bonds. The summed E-state index contributed by atoms with van der Waals surface area (Å²) in [5.41, 5.74) is 4.45. The van der Waals surface area contributed by atoms with Gasteiger partial charge in [0.15, 0.2) is 0 Å². The quantitative estimate of drug-likeness (QED) is 0.185. The van der Waals surface area contributed by atoms with Crippen LogP contribution in [0.4, 0.5) is 0 Å². The van der Waals surface area contributed by atoms with Gasteiger partial charge >= 0.3 is 0 Å². The molecule has 35 heavy (non-hydrogen) atoms. The molecule has 0 aliphatic rings. The van der Waals surface area contributed by atoms with Crippen molar-refractivity contribution in [3.63, 3.8) is 0 Å². The largest absolute Gasteiger partial charge is 0.508 e. The van der Waals surface area contributed by atoms with Crippen LogP contribution in [0.2, 0.25) is 5.02 Å². The van der Waals surface area contributed by atoms with Crippen molar-refractivity contribution in [1.82, 2.24) is 0 Å². The highest BCUT2D eigenvalue weighted by molar-refractivity contribution is 9.11. The minimum absolute atomic E-state index is 0.115. The molecule has 4 nitrogen and oxygen atoms in total. The minimum Gasteiger partial charge on any atom is -0.508 e. The number of hydrogen-bond acceptors (Lipinski definition) is 4. The molecule has 0 fully saturated rings. The summed E-state index contributed by atoms with van der Waals surface area (Å²) in [5.74, 6) is 0.804. The zero-order valence-electron chi connectivity index (χ0n) is 19.4. The van der Waals surface area contributed by atoms with E-state index >= 15 is 0 Å². The molecule has 0 unspecified atom stereocenters. The fourth-order valence-corrected chi connectivity index (χ4v) is 4.95. The van der Waals surface area contributed by atoms with E-state index in [9.17, 15) is 10.2 Å². The topological polar surface area (TPSA) is 80.9 Å². The van der Waals surface area contributed by atoms with Gasteiger partial charge in [-0.05, 0) is 109 Å². The van der Waals surface area contributed by atoms with E-state index in [2.05, 4.69) is 45.7 Å². The second-order valence-electron chi connectivity index (χ2n) is 8.63. The van der Waals surface area contributed by atoms with Gasteiger partial charge in [0, 0.05) is 5.41 Å². The van der Waals surface area contributed by atoms with Crippen LogP contribution in [0.1, 0.15) is 30.5 Å². The fraction of sp³-hybridized carbons (Fsp3) is 0.143. The molecule has 4 aromatic rings. The number of phenols is 4. The Morgan fingerprint density at radius 2 is 1.03 bits per heavy atom. The van der Waals surface area contributed by atoms with Crippen molar-refractivity contribution < 1.29 is 20.4 Å². The number of halogens is 3. The fourth-order valence-electron chi connectivity index (χ4n) is 3.50. The van der Waals surface area contributed by atoms with Gasteiger partial charge in [0.2, 0.25) is 0 Å². The zero-order chi connectivity index (χ0) is 25.9. The molecule has 0 saturated heterocycles. The average molecular weight is 621 g/mol. The Hall–Kier alpha value is -2.67. The highest BCUT2D eigenvalue weighted by atomic mass is 79.9. The molecular formula is C28H25Br2ClO4. The third-order valence-electron chi connectivity index (χ3n) is 5.78. The van der Waals surface area contributed by atoms with Gasteiger partial charge in [0.25, 0.3) is 0 Å². The van der Waals surface area contributed by atoms with Gasteiger partial charge < -0.3 is 20.4 Å². The molecule has 7 heteroatoms. The summed E-state index contributed by atoms with van der Waals surface area (Å²) in [4.78, 5) is 0. The first kappa shape index (κ1) is 26.9. The molecular weight excluding hydrogens is 596 g/mol. The van der Waals surface area contributed by atoms with Crippen molar-refractivity contribution in [2.45, 2.75) is 26.2 Å². The Kier molecular flexibility index (Phi) is 8.42. The van der Waals surface area contributed by atoms with Gasteiger partial charge in [-0.15, -0.1) is 0 Å². The molecule has 0 aliphatic heterocycles. The van der Waals surface area contributed by atoms with Crippen molar-refractivity contribution in [3.05, 3.63) is 103 Å². The molecule has 0 radical (unpaired) electrons. The number of aryl methyl sites for hydroxylation is 1. The number of aromatic hydroxyl groups is 4. The standard InChI is InChI=1S/C16H15Br2ClO2.C12H10O2/c1-8-4-9(7-13(19)14(8)20)16(2,3)10-5-11(17)15(21)12(18)6-10;13-11-5-1-9(2-6-11)10-3-7-12(14)8-4-10/h4-7,20-21H,1-3H3;1-8,13-14H. The summed E-state index contributed by atoms with van der Waals surface area (Å²) < 4.78 is 1.25. The molecule has 4 aromatic carbocycles. The molecule has 0 atom stereocenters. The van der Waals surface area contributed by atoms with E-state index in [0.717, 1.165) is 27.8 Å². The Morgan fingerprint density at radius 3 is 1.43 bits per heavy atom. The Morgan fingerprint density at radius 1 is 0.629 bits per heavy atom. The summed E-state index contributed by atoms with van der Waals surface area (Å²) in [6, 6.07) is 21.4. The van der Waals surface area contributed by atoms with Gasteiger partial charge in [0.05, 0.1) is 14.0 Å². The molecule has 0 aromatic heterocycles. The maximum Gasteiger partial charge on any atom is 0.143 e. The summed E-state index contributed by atoms with van der Waals surface area (Å²) in [6.07, 6.45) is 0. The third kappa shape index (κ3) is 6.31. The summed E-state index contributed by atoms with van der Waals surface area (Å²) in [5, 5.41) is 38.2. The van der Waals surface area contributed by atoms with E-state index in [0.29, 0.717) is 14.0 Å². The summed E-state index contributed by atoms with van der Waals surface area (Å²) in [6.45, 7) is 5.96. The molecule has 182 valence electrons. The highest BCUT2D eigenvalue weighted by Gasteiger charge is 2.26. The molecule has 4 N–H and O–H groups in total. The first-order valence-electron chi connectivity index (χ1n) is 10.7.